The molecule has 0 spiro atoms. The van der Waals surface area contributed by atoms with Crippen LogP contribution in [-0.4, -0.2) is 0 Å². The summed E-state index contributed by atoms with van der Waals surface area (Å²) in [6, 6.07) is 6.66. The molecule has 2 N–H and O–H groups in total. The van der Waals surface area contributed by atoms with Gasteiger partial charge in [0.05, 0.1) is 0 Å². The van der Waals surface area contributed by atoms with Gasteiger partial charge < -0.3 is 5.73 Å². The normalized spacial score (nSPS) is 20.7. The van der Waals surface area contributed by atoms with Crippen molar-refractivity contribution in [2.75, 3.05) is 0 Å². The summed E-state index contributed by atoms with van der Waals surface area (Å²) in [7, 11) is 0. The maximum absolute atomic E-state index is 6.64. The summed E-state index contributed by atoms with van der Waals surface area (Å²) in [6.45, 7) is 6.55. The van der Waals surface area contributed by atoms with E-state index in [0.29, 0.717) is 0 Å². The molecule has 1 nitrogen and oxygen atoms in total. The second kappa shape index (κ2) is 5.44. The summed E-state index contributed by atoms with van der Waals surface area (Å²) in [6.07, 6.45) is 8.09. The van der Waals surface area contributed by atoms with Gasteiger partial charge in [0, 0.05) is 5.54 Å². The molecular weight excluding hydrogens is 218 g/mol. The molecule has 1 aliphatic rings. The maximum Gasteiger partial charge on any atom is 0.0386 e. The molecule has 1 aromatic rings. The van der Waals surface area contributed by atoms with Gasteiger partial charge in [0.1, 0.15) is 0 Å². The number of benzene rings is 1. The Kier molecular flexibility index (Phi) is 4.11. The summed E-state index contributed by atoms with van der Waals surface area (Å²) >= 11 is 0. The third-order valence-corrected chi connectivity index (χ3v) is 4.45. The van der Waals surface area contributed by atoms with Crippen LogP contribution in [0.4, 0.5) is 0 Å². The van der Waals surface area contributed by atoms with Gasteiger partial charge in [0.25, 0.3) is 0 Å². The molecule has 1 atom stereocenters. The highest BCUT2D eigenvalue weighted by Gasteiger charge is 2.28. The Balaban J connectivity index is 2.15. The highest BCUT2D eigenvalue weighted by molar-refractivity contribution is 5.35. The van der Waals surface area contributed by atoms with Crippen molar-refractivity contribution in [1.82, 2.24) is 0 Å². The van der Waals surface area contributed by atoms with Gasteiger partial charge in [-0.15, -0.1) is 0 Å². The van der Waals surface area contributed by atoms with Crippen molar-refractivity contribution < 1.29 is 0 Å². The maximum atomic E-state index is 6.64. The standard InChI is InChI=1S/C17H27N/c1-13-9-10-14(2)16(11-13)17(3,18)12-15-7-5-4-6-8-15/h9-11,15H,4-8,12,18H2,1-3H3. The van der Waals surface area contributed by atoms with Crippen LogP contribution >= 0.6 is 0 Å². The zero-order valence-electron chi connectivity index (χ0n) is 12.1. The largest absolute Gasteiger partial charge is 0.322 e. The zero-order chi connectivity index (χ0) is 13.2. The Labute approximate surface area is 112 Å². The zero-order valence-corrected chi connectivity index (χ0v) is 12.1. The molecule has 18 heavy (non-hydrogen) atoms. The van der Waals surface area contributed by atoms with E-state index < -0.39 is 0 Å². The molecule has 0 bridgehead atoms. The molecule has 1 aromatic carbocycles. The molecule has 0 saturated heterocycles. The smallest absolute Gasteiger partial charge is 0.0386 e. The molecule has 0 aromatic heterocycles. The van der Waals surface area contributed by atoms with Gasteiger partial charge in [-0.05, 0) is 44.2 Å². The first-order chi connectivity index (χ1) is 8.49. The molecule has 1 unspecified atom stereocenters. The van der Waals surface area contributed by atoms with E-state index in [9.17, 15) is 0 Å². The fourth-order valence-corrected chi connectivity index (χ4v) is 3.45. The molecule has 1 saturated carbocycles. The van der Waals surface area contributed by atoms with Gasteiger partial charge in [-0.25, -0.2) is 0 Å². The van der Waals surface area contributed by atoms with Crippen LogP contribution in [0.5, 0.6) is 0 Å². The summed E-state index contributed by atoms with van der Waals surface area (Å²) in [5, 5.41) is 0. The lowest BCUT2D eigenvalue weighted by Gasteiger charge is -2.33. The second-order valence-electron chi connectivity index (χ2n) is 6.44. The lowest BCUT2D eigenvalue weighted by molar-refractivity contribution is 0.271. The van der Waals surface area contributed by atoms with Crippen molar-refractivity contribution in [1.29, 1.82) is 0 Å². The Morgan fingerprint density at radius 3 is 2.50 bits per heavy atom. The van der Waals surface area contributed by atoms with Crippen molar-refractivity contribution in [3.63, 3.8) is 0 Å². The molecule has 0 amide bonds. The monoisotopic (exact) mass is 245 g/mol. The summed E-state index contributed by atoms with van der Waals surface area (Å²) in [5.74, 6) is 0.827. The van der Waals surface area contributed by atoms with E-state index in [2.05, 4.69) is 39.0 Å². The van der Waals surface area contributed by atoms with E-state index in [1.54, 1.807) is 0 Å². The van der Waals surface area contributed by atoms with E-state index in [1.807, 2.05) is 0 Å². The molecule has 1 heteroatoms. The minimum absolute atomic E-state index is 0.169. The van der Waals surface area contributed by atoms with Crippen molar-refractivity contribution in [3.05, 3.63) is 34.9 Å². The Morgan fingerprint density at radius 2 is 1.83 bits per heavy atom. The first-order valence-electron chi connectivity index (χ1n) is 7.36. The Bertz CT molecular complexity index is 400. The van der Waals surface area contributed by atoms with Crippen LogP contribution in [0.1, 0.15) is 62.1 Å². The topological polar surface area (TPSA) is 26.0 Å². The lowest BCUT2D eigenvalue weighted by atomic mass is 9.76. The van der Waals surface area contributed by atoms with Crippen molar-refractivity contribution in [2.45, 2.75) is 64.8 Å². The van der Waals surface area contributed by atoms with Crippen LogP contribution in [0.3, 0.4) is 0 Å². The first-order valence-corrected chi connectivity index (χ1v) is 7.36. The lowest BCUT2D eigenvalue weighted by Crippen LogP contribution is -2.36. The van der Waals surface area contributed by atoms with Crippen molar-refractivity contribution >= 4 is 0 Å². The SMILES string of the molecule is Cc1ccc(C)c(C(C)(N)CC2CCCCC2)c1. The number of aryl methyl sites for hydroxylation is 2. The number of hydrogen-bond donors (Lipinski definition) is 1. The molecule has 0 heterocycles. The molecule has 0 aliphatic heterocycles. The summed E-state index contributed by atoms with van der Waals surface area (Å²) in [4.78, 5) is 0. The van der Waals surface area contributed by atoms with Crippen molar-refractivity contribution in [3.8, 4) is 0 Å². The molecule has 100 valence electrons. The predicted octanol–water partition coefficient (Wildman–Crippen LogP) is 4.45. The first kappa shape index (κ1) is 13.6. The highest BCUT2D eigenvalue weighted by Crippen LogP contribution is 2.35. The Morgan fingerprint density at radius 1 is 1.17 bits per heavy atom. The van der Waals surface area contributed by atoms with E-state index >= 15 is 0 Å². The van der Waals surface area contributed by atoms with E-state index in [1.165, 1.54) is 48.8 Å². The van der Waals surface area contributed by atoms with Gasteiger partial charge in [-0.2, -0.15) is 0 Å². The van der Waals surface area contributed by atoms with Gasteiger partial charge in [-0.1, -0.05) is 55.9 Å². The van der Waals surface area contributed by atoms with Gasteiger partial charge in [-0.3, -0.25) is 0 Å². The van der Waals surface area contributed by atoms with Crippen LogP contribution in [0.25, 0.3) is 0 Å². The Hall–Kier alpha value is -0.820. The highest BCUT2D eigenvalue weighted by atomic mass is 14.7. The summed E-state index contributed by atoms with van der Waals surface area (Å²) < 4.78 is 0. The average Bonchev–Trinajstić information content (AvgIpc) is 2.33. The molecular formula is C17H27N. The van der Waals surface area contributed by atoms with Crippen LogP contribution in [-0.2, 0) is 5.54 Å². The fourth-order valence-electron chi connectivity index (χ4n) is 3.45. The molecule has 1 fully saturated rings. The van der Waals surface area contributed by atoms with Gasteiger partial charge in [0.15, 0.2) is 0 Å². The predicted molar refractivity (Wildman–Crippen MR) is 78.6 cm³/mol. The van der Waals surface area contributed by atoms with Crippen LogP contribution < -0.4 is 5.73 Å². The van der Waals surface area contributed by atoms with Crippen molar-refractivity contribution in [2.24, 2.45) is 11.7 Å². The van der Waals surface area contributed by atoms with E-state index in [4.69, 9.17) is 5.73 Å². The summed E-state index contributed by atoms with van der Waals surface area (Å²) in [5.41, 5.74) is 10.5. The minimum atomic E-state index is -0.169. The molecule has 0 radical (unpaired) electrons. The third kappa shape index (κ3) is 3.14. The average molecular weight is 245 g/mol. The molecule has 1 aliphatic carbocycles. The van der Waals surface area contributed by atoms with Crippen LogP contribution in [0.2, 0.25) is 0 Å². The number of nitrogens with two attached hydrogens (primary N) is 1. The minimum Gasteiger partial charge on any atom is -0.322 e. The van der Waals surface area contributed by atoms with Crippen LogP contribution in [0, 0.1) is 19.8 Å². The number of hydrogen-bond acceptors (Lipinski definition) is 1. The van der Waals surface area contributed by atoms with E-state index in [0.717, 1.165) is 12.3 Å². The quantitative estimate of drug-likeness (QED) is 0.836. The third-order valence-electron chi connectivity index (χ3n) is 4.45. The van der Waals surface area contributed by atoms with Gasteiger partial charge >= 0.3 is 0 Å². The number of rotatable bonds is 3. The van der Waals surface area contributed by atoms with Gasteiger partial charge in [0.2, 0.25) is 0 Å². The second-order valence-corrected chi connectivity index (χ2v) is 6.44. The molecule has 2 rings (SSSR count). The fraction of sp³-hybridized carbons (Fsp3) is 0.647. The van der Waals surface area contributed by atoms with E-state index in [-0.39, 0.29) is 5.54 Å². The van der Waals surface area contributed by atoms with Crippen LogP contribution in [0.15, 0.2) is 18.2 Å².